The Morgan fingerprint density at radius 2 is 1.56 bits per heavy atom. The number of piperidine rings is 1. The highest BCUT2D eigenvalue weighted by Crippen LogP contribution is 2.21. The van der Waals surface area contributed by atoms with Crippen molar-refractivity contribution in [3.8, 4) is 0 Å². The van der Waals surface area contributed by atoms with E-state index < -0.39 is 20.9 Å². The quantitative estimate of drug-likeness (QED) is 0.624. The lowest BCUT2D eigenvalue weighted by Gasteiger charge is -2.25. The van der Waals surface area contributed by atoms with Gasteiger partial charge in [0.05, 0.1) is 9.82 Å². The standard InChI is InChI=1S/C18H19N3O5S/c22-18(19-15-6-8-16(9-7-15)21(23)24)14-4-10-17(11-5-14)27(25,26)20-12-2-1-3-13-20/h4-11H,1-3,12-13H2,(H,19,22). The number of non-ortho nitro benzene ring substituents is 1. The number of rotatable bonds is 5. The summed E-state index contributed by atoms with van der Waals surface area (Å²) < 4.78 is 26.7. The number of hydrogen-bond acceptors (Lipinski definition) is 5. The third-order valence-electron chi connectivity index (χ3n) is 4.41. The predicted molar refractivity (Wildman–Crippen MR) is 100 cm³/mol. The summed E-state index contributed by atoms with van der Waals surface area (Å²) in [6.07, 6.45) is 2.75. The van der Waals surface area contributed by atoms with Crippen LogP contribution in [0.5, 0.6) is 0 Å². The van der Waals surface area contributed by atoms with Gasteiger partial charge in [-0.15, -0.1) is 0 Å². The van der Waals surface area contributed by atoms with Crippen LogP contribution in [-0.2, 0) is 10.0 Å². The van der Waals surface area contributed by atoms with Crippen molar-refractivity contribution in [2.24, 2.45) is 0 Å². The zero-order valence-corrected chi connectivity index (χ0v) is 15.3. The monoisotopic (exact) mass is 389 g/mol. The normalized spacial score (nSPS) is 15.3. The number of amides is 1. The number of nitrogens with zero attached hydrogens (tertiary/aromatic N) is 2. The first kappa shape index (κ1) is 19.0. The minimum Gasteiger partial charge on any atom is -0.322 e. The van der Waals surface area contributed by atoms with Gasteiger partial charge in [-0.1, -0.05) is 6.42 Å². The van der Waals surface area contributed by atoms with Crippen molar-refractivity contribution in [3.05, 3.63) is 64.2 Å². The molecule has 1 N–H and O–H groups in total. The maximum atomic E-state index is 12.6. The summed E-state index contributed by atoms with van der Waals surface area (Å²) in [4.78, 5) is 22.6. The Kier molecular flexibility index (Phi) is 5.52. The SMILES string of the molecule is O=C(Nc1ccc([N+](=O)[O-])cc1)c1ccc(S(=O)(=O)N2CCCCC2)cc1. The summed E-state index contributed by atoms with van der Waals surface area (Å²) in [6.45, 7) is 1.04. The van der Waals surface area contributed by atoms with Crippen LogP contribution < -0.4 is 5.32 Å². The molecule has 1 fully saturated rings. The second-order valence-corrected chi connectivity index (χ2v) is 8.19. The van der Waals surface area contributed by atoms with Gasteiger partial charge in [-0.05, 0) is 49.2 Å². The lowest BCUT2D eigenvalue weighted by Crippen LogP contribution is -2.35. The summed E-state index contributed by atoms with van der Waals surface area (Å²) in [6, 6.07) is 11.2. The van der Waals surface area contributed by atoms with E-state index in [1.54, 1.807) is 0 Å². The topological polar surface area (TPSA) is 110 Å². The predicted octanol–water partition coefficient (Wildman–Crippen LogP) is 3.02. The molecule has 0 aliphatic carbocycles. The Bertz CT molecular complexity index is 934. The molecule has 0 spiro atoms. The Hall–Kier alpha value is -2.78. The molecule has 1 aliphatic heterocycles. The Morgan fingerprint density at radius 3 is 2.11 bits per heavy atom. The molecule has 0 atom stereocenters. The number of hydrogen-bond donors (Lipinski definition) is 1. The van der Waals surface area contributed by atoms with Gasteiger partial charge in [0, 0.05) is 36.5 Å². The number of sulfonamides is 1. The van der Waals surface area contributed by atoms with Crippen LogP contribution in [-0.4, -0.2) is 36.6 Å². The largest absolute Gasteiger partial charge is 0.322 e. The molecule has 1 aliphatic rings. The van der Waals surface area contributed by atoms with Gasteiger partial charge in [0.15, 0.2) is 0 Å². The summed E-state index contributed by atoms with van der Waals surface area (Å²) in [5.41, 5.74) is 0.641. The fourth-order valence-electron chi connectivity index (χ4n) is 2.90. The van der Waals surface area contributed by atoms with Crippen LogP contribution in [0.4, 0.5) is 11.4 Å². The molecule has 0 unspecified atom stereocenters. The Morgan fingerprint density at radius 1 is 0.963 bits per heavy atom. The molecule has 9 heteroatoms. The number of nitro groups is 1. The maximum absolute atomic E-state index is 12.6. The zero-order valence-electron chi connectivity index (χ0n) is 14.5. The van der Waals surface area contributed by atoms with Crippen molar-refractivity contribution in [1.29, 1.82) is 0 Å². The number of nitrogens with one attached hydrogen (secondary N) is 1. The van der Waals surface area contributed by atoms with Crippen LogP contribution in [0.2, 0.25) is 0 Å². The smallest absolute Gasteiger partial charge is 0.269 e. The van der Waals surface area contributed by atoms with Gasteiger partial charge in [-0.2, -0.15) is 4.31 Å². The fraction of sp³-hybridized carbons (Fsp3) is 0.278. The van der Waals surface area contributed by atoms with E-state index in [0.717, 1.165) is 19.3 Å². The first-order valence-corrected chi connectivity index (χ1v) is 9.98. The number of anilines is 1. The van der Waals surface area contributed by atoms with Gasteiger partial charge >= 0.3 is 0 Å². The van der Waals surface area contributed by atoms with E-state index >= 15 is 0 Å². The summed E-state index contributed by atoms with van der Waals surface area (Å²) in [7, 11) is -3.54. The van der Waals surface area contributed by atoms with Crippen LogP contribution in [0.25, 0.3) is 0 Å². The zero-order chi connectivity index (χ0) is 19.4. The summed E-state index contributed by atoms with van der Waals surface area (Å²) in [5, 5.41) is 13.3. The van der Waals surface area contributed by atoms with E-state index in [4.69, 9.17) is 0 Å². The molecule has 0 aromatic heterocycles. The third-order valence-corrected chi connectivity index (χ3v) is 6.32. The fourth-order valence-corrected chi connectivity index (χ4v) is 4.42. The molecule has 3 rings (SSSR count). The number of benzene rings is 2. The molecule has 0 bridgehead atoms. The van der Waals surface area contributed by atoms with Gasteiger partial charge in [-0.3, -0.25) is 14.9 Å². The molecule has 2 aromatic rings. The average molecular weight is 389 g/mol. The number of nitro benzene ring substituents is 1. The molecule has 0 radical (unpaired) electrons. The molecule has 27 heavy (non-hydrogen) atoms. The second-order valence-electron chi connectivity index (χ2n) is 6.25. The van der Waals surface area contributed by atoms with Crippen molar-refractivity contribution in [2.45, 2.75) is 24.2 Å². The Balaban J connectivity index is 1.70. The average Bonchev–Trinajstić information content (AvgIpc) is 2.69. The molecule has 1 heterocycles. The highest BCUT2D eigenvalue weighted by Gasteiger charge is 2.25. The molecule has 0 saturated carbocycles. The minimum atomic E-state index is -3.54. The summed E-state index contributed by atoms with van der Waals surface area (Å²) >= 11 is 0. The molecule has 142 valence electrons. The van der Waals surface area contributed by atoms with E-state index in [9.17, 15) is 23.3 Å². The lowest BCUT2D eigenvalue weighted by atomic mass is 10.2. The van der Waals surface area contributed by atoms with Crippen molar-refractivity contribution in [3.63, 3.8) is 0 Å². The van der Waals surface area contributed by atoms with E-state index in [-0.39, 0.29) is 10.6 Å². The van der Waals surface area contributed by atoms with E-state index in [2.05, 4.69) is 5.32 Å². The first-order valence-electron chi connectivity index (χ1n) is 8.54. The van der Waals surface area contributed by atoms with Crippen LogP contribution in [0.3, 0.4) is 0 Å². The highest BCUT2D eigenvalue weighted by molar-refractivity contribution is 7.89. The Labute approximate surface area is 157 Å². The molecule has 1 saturated heterocycles. The van der Waals surface area contributed by atoms with Gasteiger partial charge in [-0.25, -0.2) is 8.42 Å². The molecular formula is C18H19N3O5S. The number of carbonyl (C=O) groups excluding carboxylic acids is 1. The molecule has 2 aromatic carbocycles. The second kappa shape index (κ2) is 7.85. The lowest BCUT2D eigenvalue weighted by molar-refractivity contribution is -0.384. The van der Waals surface area contributed by atoms with Crippen molar-refractivity contribution < 1.29 is 18.1 Å². The van der Waals surface area contributed by atoms with Crippen LogP contribution in [0.15, 0.2) is 53.4 Å². The van der Waals surface area contributed by atoms with E-state index in [0.29, 0.717) is 24.3 Å². The number of carbonyl (C=O) groups is 1. The van der Waals surface area contributed by atoms with Crippen LogP contribution in [0, 0.1) is 10.1 Å². The van der Waals surface area contributed by atoms with Gasteiger partial charge in [0.25, 0.3) is 11.6 Å². The van der Waals surface area contributed by atoms with E-state index in [1.165, 1.54) is 52.8 Å². The molecular weight excluding hydrogens is 370 g/mol. The molecule has 8 nitrogen and oxygen atoms in total. The first-order chi connectivity index (χ1) is 12.9. The summed E-state index contributed by atoms with van der Waals surface area (Å²) in [5.74, 6) is -0.425. The van der Waals surface area contributed by atoms with Crippen molar-refractivity contribution in [1.82, 2.24) is 4.31 Å². The molecule has 1 amide bonds. The highest BCUT2D eigenvalue weighted by atomic mass is 32.2. The van der Waals surface area contributed by atoms with Crippen LogP contribution in [0.1, 0.15) is 29.6 Å². The van der Waals surface area contributed by atoms with Crippen molar-refractivity contribution in [2.75, 3.05) is 18.4 Å². The van der Waals surface area contributed by atoms with Crippen molar-refractivity contribution >= 4 is 27.3 Å². The van der Waals surface area contributed by atoms with E-state index in [1.807, 2.05) is 0 Å². The minimum absolute atomic E-state index is 0.0692. The maximum Gasteiger partial charge on any atom is 0.269 e. The van der Waals surface area contributed by atoms with Gasteiger partial charge < -0.3 is 5.32 Å². The third kappa shape index (κ3) is 4.32. The van der Waals surface area contributed by atoms with Crippen LogP contribution >= 0.6 is 0 Å². The van der Waals surface area contributed by atoms with Gasteiger partial charge in [0.2, 0.25) is 10.0 Å². The van der Waals surface area contributed by atoms with Gasteiger partial charge in [0.1, 0.15) is 0 Å².